The quantitative estimate of drug-likeness (QED) is 0.739. The fourth-order valence-electron chi connectivity index (χ4n) is 2.88. The minimum atomic E-state index is -0.0811. The van der Waals surface area contributed by atoms with Crippen molar-refractivity contribution in [3.8, 4) is 0 Å². The van der Waals surface area contributed by atoms with Gasteiger partial charge in [0.1, 0.15) is 0 Å². The van der Waals surface area contributed by atoms with Crippen molar-refractivity contribution in [2.75, 3.05) is 19.6 Å². The van der Waals surface area contributed by atoms with Gasteiger partial charge in [-0.1, -0.05) is 12.8 Å². The first kappa shape index (κ1) is 17.0. The zero-order chi connectivity index (χ0) is 15.0. The molecule has 1 aliphatic rings. The van der Waals surface area contributed by atoms with Crippen molar-refractivity contribution in [1.82, 2.24) is 10.2 Å². The van der Waals surface area contributed by atoms with Gasteiger partial charge in [0.25, 0.3) is 0 Å². The van der Waals surface area contributed by atoms with E-state index in [1.807, 2.05) is 13.8 Å². The summed E-state index contributed by atoms with van der Waals surface area (Å²) in [5.41, 5.74) is 5.97. The summed E-state index contributed by atoms with van der Waals surface area (Å²) in [7, 11) is 0. The Labute approximate surface area is 122 Å². The average molecular weight is 283 g/mol. The molecule has 1 fully saturated rings. The molecule has 0 radical (unpaired) electrons. The van der Waals surface area contributed by atoms with Gasteiger partial charge in [-0.05, 0) is 39.0 Å². The molecule has 0 aromatic rings. The van der Waals surface area contributed by atoms with Gasteiger partial charge in [-0.25, -0.2) is 0 Å². The summed E-state index contributed by atoms with van der Waals surface area (Å²) in [4.78, 5) is 25.3. The van der Waals surface area contributed by atoms with Crippen LogP contribution < -0.4 is 11.1 Å². The molecule has 2 atom stereocenters. The Morgan fingerprint density at radius 2 is 2.05 bits per heavy atom. The van der Waals surface area contributed by atoms with Crippen LogP contribution in [0.15, 0.2) is 0 Å². The van der Waals surface area contributed by atoms with E-state index in [0.29, 0.717) is 31.5 Å². The Balaban J connectivity index is 2.33. The van der Waals surface area contributed by atoms with Gasteiger partial charge in [-0.15, -0.1) is 0 Å². The molecule has 0 spiro atoms. The van der Waals surface area contributed by atoms with Crippen LogP contribution in [0.5, 0.6) is 0 Å². The monoisotopic (exact) mass is 283 g/mol. The summed E-state index contributed by atoms with van der Waals surface area (Å²) in [6.07, 6.45) is 5.95. The molecule has 0 aliphatic heterocycles. The lowest BCUT2D eigenvalue weighted by Gasteiger charge is -2.27. The van der Waals surface area contributed by atoms with E-state index >= 15 is 0 Å². The van der Waals surface area contributed by atoms with Gasteiger partial charge in [0.15, 0.2) is 0 Å². The minimum Gasteiger partial charge on any atom is -0.355 e. The molecular formula is C15H29N3O2. The van der Waals surface area contributed by atoms with Crippen molar-refractivity contribution >= 4 is 11.8 Å². The van der Waals surface area contributed by atoms with Crippen molar-refractivity contribution in [1.29, 1.82) is 0 Å². The Morgan fingerprint density at radius 1 is 1.30 bits per heavy atom. The fourth-order valence-corrected chi connectivity index (χ4v) is 2.88. The van der Waals surface area contributed by atoms with Crippen molar-refractivity contribution in [2.45, 2.75) is 58.4 Å². The summed E-state index contributed by atoms with van der Waals surface area (Å²) in [6.45, 7) is 5.15. The molecule has 2 amide bonds. The standard InChI is InChI=1S/C15H29N3O2/c1-3-17-14(19)11-18(4-2)15(20)9-8-12-6-5-7-13(16)10-12/h12-13H,3-11,16H2,1-2H3,(H,17,19). The Hall–Kier alpha value is -1.10. The molecule has 3 N–H and O–H groups in total. The molecule has 116 valence electrons. The molecular weight excluding hydrogens is 254 g/mol. The van der Waals surface area contributed by atoms with Crippen molar-refractivity contribution in [3.63, 3.8) is 0 Å². The molecule has 1 rings (SSSR count). The number of amides is 2. The van der Waals surface area contributed by atoms with Crippen LogP contribution in [0.4, 0.5) is 0 Å². The number of nitrogens with one attached hydrogen (secondary N) is 1. The van der Waals surface area contributed by atoms with E-state index in [-0.39, 0.29) is 18.4 Å². The highest BCUT2D eigenvalue weighted by atomic mass is 16.2. The van der Waals surface area contributed by atoms with Crippen molar-refractivity contribution in [2.24, 2.45) is 11.7 Å². The van der Waals surface area contributed by atoms with E-state index in [1.165, 1.54) is 12.8 Å². The van der Waals surface area contributed by atoms with Crippen LogP contribution in [0.1, 0.15) is 52.4 Å². The van der Waals surface area contributed by atoms with Gasteiger partial charge in [-0.3, -0.25) is 9.59 Å². The molecule has 20 heavy (non-hydrogen) atoms. The second-order valence-corrected chi connectivity index (χ2v) is 5.69. The van der Waals surface area contributed by atoms with E-state index < -0.39 is 0 Å². The van der Waals surface area contributed by atoms with Crippen molar-refractivity contribution in [3.05, 3.63) is 0 Å². The number of hydrogen-bond acceptors (Lipinski definition) is 3. The van der Waals surface area contributed by atoms with Gasteiger partial charge in [-0.2, -0.15) is 0 Å². The number of likely N-dealkylation sites (N-methyl/N-ethyl adjacent to an activating group) is 2. The van der Waals surface area contributed by atoms with Crippen LogP contribution in [-0.4, -0.2) is 42.4 Å². The normalized spacial score (nSPS) is 22.4. The van der Waals surface area contributed by atoms with E-state index in [0.717, 1.165) is 19.3 Å². The molecule has 5 heteroatoms. The highest BCUT2D eigenvalue weighted by molar-refractivity contribution is 5.84. The van der Waals surface area contributed by atoms with E-state index in [9.17, 15) is 9.59 Å². The summed E-state index contributed by atoms with van der Waals surface area (Å²) < 4.78 is 0. The van der Waals surface area contributed by atoms with Crippen LogP contribution in [-0.2, 0) is 9.59 Å². The maximum absolute atomic E-state index is 12.2. The van der Waals surface area contributed by atoms with Crippen LogP contribution in [0.2, 0.25) is 0 Å². The molecule has 0 bridgehead atoms. The fraction of sp³-hybridized carbons (Fsp3) is 0.867. The number of carbonyl (C=O) groups excluding carboxylic acids is 2. The molecule has 1 saturated carbocycles. The molecule has 0 heterocycles. The van der Waals surface area contributed by atoms with Gasteiger partial charge in [0, 0.05) is 25.6 Å². The zero-order valence-corrected chi connectivity index (χ0v) is 12.9. The third-order valence-electron chi connectivity index (χ3n) is 4.03. The Kier molecular flexibility index (Phi) is 7.59. The summed E-state index contributed by atoms with van der Waals surface area (Å²) >= 11 is 0. The highest BCUT2D eigenvalue weighted by Crippen LogP contribution is 2.27. The Morgan fingerprint density at radius 3 is 2.65 bits per heavy atom. The largest absolute Gasteiger partial charge is 0.355 e. The van der Waals surface area contributed by atoms with Crippen LogP contribution in [0.25, 0.3) is 0 Å². The predicted molar refractivity (Wildman–Crippen MR) is 80.1 cm³/mol. The first-order chi connectivity index (χ1) is 9.56. The number of carbonyl (C=O) groups is 2. The lowest BCUT2D eigenvalue weighted by molar-refractivity contribution is -0.136. The number of nitrogens with zero attached hydrogens (tertiary/aromatic N) is 1. The molecule has 5 nitrogen and oxygen atoms in total. The topological polar surface area (TPSA) is 75.4 Å². The lowest BCUT2D eigenvalue weighted by Crippen LogP contribution is -2.40. The van der Waals surface area contributed by atoms with E-state index in [1.54, 1.807) is 4.90 Å². The molecule has 2 unspecified atom stereocenters. The molecule has 1 aliphatic carbocycles. The smallest absolute Gasteiger partial charge is 0.239 e. The highest BCUT2D eigenvalue weighted by Gasteiger charge is 2.21. The van der Waals surface area contributed by atoms with Crippen molar-refractivity contribution < 1.29 is 9.59 Å². The number of hydrogen-bond donors (Lipinski definition) is 2. The number of nitrogens with two attached hydrogens (primary N) is 1. The SMILES string of the molecule is CCNC(=O)CN(CC)C(=O)CCC1CCCC(N)C1. The zero-order valence-electron chi connectivity index (χ0n) is 12.9. The summed E-state index contributed by atoms with van der Waals surface area (Å²) in [5, 5.41) is 2.73. The van der Waals surface area contributed by atoms with Crippen LogP contribution >= 0.6 is 0 Å². The van der Waals surface area contributed by atoms with Crippen LogP contribution in [0.3, 0.4) is 0 Å². The van der Waals surface area contributed by atoms with Gasteiger partial charge >= 0.3 is 0 Å². The molecule has 0 saturated heterocycles. The third kappa shape index (κ3) is 5.90. The molecule has 0 aromatic carbocycles. The summed E-state index contributed by atoms with van der Waals surface area (Å²) in [5.74, 6) is 0.575. The van der Waals surface area contributed by atoms with E-state index in [4.69, 9.17) is 5.73 Å². The van der Waals surface area contributed by atoms with Gasteiger partial charge in [0.05, 0.1) is 6.54 Å². The molecule has 0 aromatic heterocycles. The van der Waals surface area contributed by atoms with Gasteiger partial charge < -0.3 is 16.0 Å². The lowest BCUT2D eigenvalue weighted by atomic mass is 9.83. The minimum absolute atomic E-state index is 0.0811. The first-order valence-corrected chi connectivity index (χ1v) is 7.86. The van der Waals surface area contributed by atoms with Crippen LogP contribution in [0, 0.1) is 5.92 Å². The average Bonchev–Trinajstić information content (AvgIpc) is 2.42. The van der Waals surface area contributed by atoms with Gasteiger partial charge in [0.2, 0.25) is 11.8 Å². The number of rotatable bonds is 7. The third-order valence-corrected chi connectivity index (χ3v) is 4.03. The summed E-state index contributed by atoms with van der Waals surface area (Å²) in [6, 6.07) is 0.307. The maximum atomic E-state index is 12.2. The second kappa shape index (κ2) is 8.95. The van der Waals surface area contributed by atoms with E-state index in [2.05, 4.69) is 5.32 Å². The Bertz CT molecular complexity index is 320. The second-order valence-electron chi connectivity index (χ2n) is 5.69. The first-order valence-electron chi connectivity index (χ1n) is 7.86. The predicted octanol–water partition coefficient (Wildman–Crippen LogP) is 1.27. The maximum Gasteiger partial charge on any atom is 0.239 e.